The zero-order valence-electron chi connectivity index (χ0n) is 13.4. The lowest BCUT2D eigenvalue weighted by Crippen LogP contribution is -2.55. The van der Waals surface area contributed by atoms with Crippen LogP contribution in [0.3, 0.4) is 0 Å². The van der Waals surface area contributed by atoms with Gasteiger partial charge in [-0.25, -0.2) is 0 Å². The number of para-hydroxylation sites is 1. The molecule has 0 saturated carbocycles. The molecule has 1 aromatic rings. The molecule has 0 spiro atoms. The van der Waals surface area contributed by atoms with Crippen molar-refractivity contribution in [1.82, 2.24) is 10.2 Å². The van der Waals surface area contributed by atoms with E-state index >= 15 is 0 Å². The van der Waals surface area contributed by atoms with Crippen LogP contribution in [-0.2, 0) is 9.59 Å². The predicted octanol–water partition coefficient (Wildman–Crippen LogP) is 1.81. The Kier molecular flexibility index (Phi) is 6.02. The number of anilines is 1. The van der Waals surface area contributed by atoms with E-state index in [-0.39, 0.29) is 36.3 Å². The minimum absolute atomic E-state index is 0. The van der Waals surface area contributed by atoms with E-state index in [0.717, 1.165) is 44.5 Å². The summed E-state index contributed by atoms with van der Waals surface area (Å²) in [6, 6.07) is 9.24. The van der Waals surface area contributed by atoms with Crippen molar-refractivity contribution >= 4 is 29.9 Å². The normalized spacial score (nSPS) is 24.2. The fraction of sp³-hybridized carbons (Fsp3) is 0.529. The highest BCUT2D eigenvalue weighted by atomic mass is 35.5. The predicted molar refractivity (Wildman–Crippen MR) is 92.9 cm³/mol. The number of nitrogens with one attached hydrogen (secondary N) is 1. The Bertz CT molecular complexity index is 546. The maximum absolute atomic E-state index is 12.8. The molecule has 5 nitrogen and oxygen atoms in total. The lowest BCUT2D eigenvalue weighted by atomic mass is 10.0. The molecule has 0 bridgehead atoms. The maximum Gasteiger partial charge on any atom is 0.249 e. The third-order valence-electron chi connectivity index (χ3n) is 4.65. The molecule has 2 amide bonds. The first-order valence-corrected chi connectivity index (χ1v) is 8.05. The number of hydrogen-bond donors (Lipinski definition) is 1. The SMILES string of the molecule is CN(C(=O)C1CCCN1)C1CCCN(c2ccccc2)C1=O.Cl. The lowest BCUT2D eigenvalue weighted by Gasteiger charge is -2.37. The van der Waals surface area contributed by atoms with Gasteiger partial charge in [0.25, 0.3) is 0 Å². The number of halogens is 1. The Morgan fingerprint density at radius 3 is 2.61 bits per heavy atom. The molecule has 0 radical (unpaired) electrons. The number of rotatable bonds is 3. The number of nitrogens with zero attached hydrogens (tertiary/aromatic N) is 2. The molecule has 126 valence electrons. The van der Waals surface area contributed by atoms with Crippen LogP contribution in [0.5, 0.6) is 0 Å². The monoisotopic (exact) mass is 337 g/mol. The Morgan fingerprint density at radius 1 is 1.22 bits per heavy atom. The average Bonchev–Trinajstić information content (AvgIpc) is 3.09. The van der Waals surface area contributed by atoms with Gasteiger partial charge in [-0.3, -0.25) is 9.59 Å². The van der Waals surface area contributed by atoms with Gasteiger partial charge >= 0.3 is 0 Å². The molecular weight excluding hydrogens is 314 g/mol. The fourth-order valence-corrected chi connectivity index (χ4v) is 3.37. The summed E-state index contributed by atoms with van der Waals surface area (Å²) in [5.41, 5.74) is 0.914. The van der Waals surface area contributed by atoms with Crippen molar-refractivity contribution in [2.75, 3.05) is 25.0 Å². The molecule has 2 saturated heterocycles. The van der Waals surface area contributed by atoms with Crippen molar-refractivity contribution < 1.29 is 9.59 Å². The summed E-state index contributed by atoms with van der Waals surface area (Å²) in [6.07, 6.45) is 3.56. The van der Waals surface area contributed by atoms with Gasteiger partial charge in [0.1, 0.15) is 6.04 Å². The van der Waals surface area contributed by atoms with E-state index in [1.54, 1.807) is 16.8 Å². The summed E-state index contributed by atoms with van der Waals surface area (Å²) in [5, 5.41) is 3.22. The summed E-state index contributed by atoms with van der Waals surface area (Å²) >= 11 is 0. The molecule has 23 heavy (non-hydrogen) atoms. The molecule has 1 aromatic carbocycles. The molecule has 0 aromatic heterocycles. The second-order valence-corrected chi connectivity index (χ2v) is 6.08. The number of amides is 2. The largest absolute Gasteiger partial charge is 0.332 e. The topological polar surface area (TPSA) is 52.7 Å². The third kappa shape index (κ3) is 3.67. The first kappa shape index (κ1) is 17.8. The van der Waals surface area contributed by atoms with Crippen LogP contribution < -0.4 is 10.2 Å². The number of carbonyl (C=O) groups excluding carboxylic acids is 2. The van der Waals surface area contributed by atoms with E-state index in [1.165, 1.54) is 0 Å². The second kappa shape index (κ2) is 7.79. The molecule has 1 N–H and O–H groups in total. The smallest absolute Gasteiger partial charge is 0.249 e. The van der Waals surface area contributed by atoms with Gasteiger partial charge in [0.15, 0.2) is 0 Å². The number of hydrogen-bond acceptors (Lipinski definition) is 3. The molecule has 2 fully saturated rings. The summed E-state index contributed by atoms with van der Waals surface area (Å²) in [4.78, 5) is 28.8. The van der Waals surface area contributed by atoms with Crippen molar-refractivity contribution in [1.29, 1.82) is 0 Å². The Labute approximate surface area is 143 Å². The van der Waals surface area contributed by atoms with Crippen LogP contribution in [0.25, 0.3) is 0 Å². The zero-order valence-corrected chi connectivity index (χ0v) is 14.2. The van der Waals surface area contributed by atoms with Crippen LogP contribution in [0.2, 0.25) is 0 Å². The van der Waals surface area contributed by atoms with Gasteiger partial charge < -0.3 is 15.1 Å². The highest BCUT2D eigenvalue weighted by molar-refractivity contribution is 6.00. The fourth-order valence-electron chi connectivity index (χ4n) is 3.37. The van der Waals surface area contributed by atoms with Crippen LogP contribution in [0, 0.1) is 0 Å². The molecule has 0 aliphatic carbocycles. The molecule has 2 unspecified atom stereocenters. The highest BCUT2D eigenvalue weighted by Gasteiger charge is 2.37. The van der Waals surface area contributed by atoms with Gasteiger partial charge in [-0.15, -0.1) is 12.4 Å². The van der Waals surface area contributed by atoms with Crippen LogP contribution in [0.1, 0.15) is 25.7 Å². The summed E-state index contributed by atoms with van der Waals surface area (Å²) in [7, 11) is 1.76. The van der Waals surface area contributed by atoms with Gasteiger partial charge in [0, 0.05) is 19.3 Å². The van der Waals surface area contributed by atoms with E-state index in [2.05, 4.69) is 5.32 Å². The quantitative estimate of drug-likeness (QED) is 0.915. The van der Waals surface area contributed by atoms with E-state index < -0.39 is 0 Å². The summed E-state index contributed by atoms with van der Waals surface area (Å²) < 4.78 is 0. The summed E-state index contributed by atoms with van der Waals surface area (Å²) in [5.74, 6) is 0.0806. The van der Waals surface area contributed by atoms with E-state index in [1.807, 2.05) is 30.3 Å². The maximum atomic E-state index is 12.8. The first-order chi connectivity index (χ1) is 10.7. The second-order valence-electron chi connectivity index (χ2n) is 6.08. The van der Waals surface area contributed by atoms with E-state index in [4.69, 9.17) is 0 Å². The van der Waals surface area contributed by atoms with Crippen LogP contribution in [0.4, 0.5) is 5.69 Å². The molecule has 6 heteroatoms. The van der Waals surface area contributed by atoms with Gasteiger partial charge in [-0.1, -0.05) is 18.2 Å². The Balaban J connectivity index is 0.00000192. The van der Waals surface area contributed by atoms with Gasteiger partial charge in [-0.05, 0) is 44.4 Å². The number of piperidine rings is 1. The number of carbonyl (C=O) groups is 2. The van der Waals surface area contributed by atoms with Crippen LogP contribution in [0.15, 0.2) is 30.3 Å². The molecule has 2 aliphatic heterocycles. The molecule has 3 rings (SSSR count). The third-order valence-corrected chi connectivity index (χ3v) is 4.65. The first-order valence-electron chi connectivity index (χ1n) is 8.05. The minimum atomic E-state index is -0.344. The average molecular weight is 338 g/mol. The Hall–Kier alpha value is -1.59. The van der Waals surface area contributed by atoms with Crippen molar-refractivity contribution in [3.63, 3.8) is 0 Å². The highest BCUT2D eigenvalue weighted by Crippen LogP contribution is 2.24. The number of benzene rings is 1. The standard InChI is InChI=1S/C17H23N3O2.ClH/c1-19(16(21)14-9-5-11-18-14)15-10-6-12-20(17(15)22)13-7-3-2-4-8-13;/h2-4,7-8,14-15,18H,5-6,9-12H2,1H3;1H. The summed E-state index contributed by atoms with van der Waals surface area (Å²) in [6.45, 7) is 1.61. The molecular formula is C17H24ClN3O2. The van der Waals surface area contributed by atoms with Crippen LogP contribution in [-0.4, -0.2) is 48.9 Å². The van der Waals surface area contributed by atoms with Gasteiger partial charge in [0.05, 0.1) is 6.04 Å². The van der Waals surface area contributed by atoms with Crippen molar-refractivity contribution in [3.05, 3.63) is 30.3 Å². The lowest BCUT2D eigenvalue weighted by molar-refractivity contribution is -0.140. The minimum Gasteiger partial charge on any atom is -0.332 e. The number of likely N-dealkylation sites (N-methyl/N-ethyl adjacent to an activating group) is 1. The van der Waals surface area contributed by atoms with E-state index in [9.17, 15) is 9.59 Å². The van der Waals surface area contributed by atoms with Crippen molar-refractivity contribution in [2.24, 2.45) is 0 Å². The van der Waals surface area contributed by atoms with Crippen LogP contribution >= 0.6 is 12.4 Å². The van der Waals surface area contributed by atoms with E-state index in [0.29, 0.717) is 0 Å². The van der Waals surface area contributed by atoms with Gasteiger partial charge in [0.2, 0.25) is 11.8 Å². The zero-order chi connectivity index (χ0) is 15.5. The molecule has 2 aliphatic rings. The molecule has 2 heterocycles. The van der Waals surface area contributed by atoms with Crippen molar-refractivity contribution in [3.8, 4) is 0 Å². The van der Waals surface area contributed by atoms with Gasteiger partial charge in [-0.2, -0.15) is 0 Å². The molecule has 2 atom stereocenters. The van der Waals surface area contributed by atoms with Crippen molar-refractivity contribution in [2.45, 2.75) is 37.8 Å². The Morgan fingerprint density at radius 2 is 1.96 bits per heavy atom.